The van der Waals surface area contributed by atoms with Crippen molar-refractivity contribution in [1.29, 1.82) is 0 Å². The summed E-state index contributed by atoms with van der Waals surface area (Å²) >= 11 is 10.1. The van der Waals surface area contributed by atoms with Gasteiger partial charge in [0.05, 0.1) is 13.2 Å². The van der Waals surface area contributed by atoms with Gasteiger partial charge in [-0.3, -0.25) is 0 Å². The third-order valence-corrected chi connectivity index (χ3v) is 4.54. The molecule has 0 heterocycles. The molecule has 20 heavy (non-hydrogen) atoms. The Morgan fingerprint density at radius 2 is 1.95 bits per heavy atom. The number of hydrogen-bond donors (Lipinski definition) is 1. The van der Waals surface area contributed by atoms with Crippen molar-refractivity contribution in [3.63, 3.8) is 0 Å². The van der Waals surface area contributed by atoms with Gasteiger partial charge in [0.15, 0.2) is 0 Å². The SMILES string of the molecule is CNC(c1ccc(OC)cc1Br)c1cccc(C)c1Cl. The quantitative estimate of drug-likeness (QED) is 0.857. The highest BCUT2D eigenvalue weighted by molar-refractivity contribution is 9.10. The fourth-order valence-corrected chi connectivity index (χ4v) is 3.06. The Bertz CT molecular complexity index is 615. The van der Waals surface area contributed by atoms with Crippen LogP contribution in [0.3, 0.4) is 0 Å². The largest absolute Gasteiger partial charge is 0.497 e. The molecule has 106 valence electrons. The lowest BCUT2D eigenvalue weighted by Crippen LogP contribution is -2.18. The van der Waals surface area contributed by atoms with Crippen molar-refractivity contribution in [2.75, 3.05) is 14.2 Å². The van der Waals surface area contributed by atoms with Crippen molar-refractivity contribution in [1.82, 2.24) is 5.32 Å². The zero-order valence-corrected chi connectivity index (χ0v) is 14.0. The molecule has 0 amide bonds. The van der Waals surface area contributed by atoms with Crippen LogP contribution in [0.4, 0.5) is 0 Å². The van der Waals surface area contributed by atoms with Gasteiger partial charge in [0.25, 0.3) is 0 Å². The third kappa shape index (κ3) is 3.00. The lowest BCUT2D eigenvalue weighted by molar-refractivity contribution is 0.414. The molecule has 2 nitrogen and oxygen atoms in total. The highest BCUT2D eigenvalue weighted by atomic mass is 79.9. The zero-order valence-electron chi connectivity index (χ0n) is 11.7. The van der Waals surface area contributed by atoms with E-state index in [-0.39, 0.29) is 6.04 Å². The highest BCUT2D eigenvalue weighted by Gasteiger charge is 2.18. The Morgan fingerprint density at radius 1 is 1.20 bits per heavy atom. The first-order chi connectivity index (χ1) is 9.58. The van der Waals surface area contributed by atoms with E-state index < -0.39 is 0 Å². The van der Waals surface area contributed by atoms with Crippen LogP contribution in [0.15, 0.2) is 40.9 Å². The van der Waals surface area contributed by atoms with E-state index in [2.05, 4.69) is 21.2 Å². The van der Waals surface area contributed by atoms with Crippen LogP contribution in [-0.2, 0) is 0 Å². The van der Waals surface area contributed by atoms with E-state index in [0.717, 1.165) is 31.9 Å². The van der Waals surface area contributed by atoms with E-state index >= 15 is 0 Å². The van der Waals surface area contributed by atoms with Crippen molar-refractivity contribution in [2.24, 2.45) is 0 Å². The van der Waals surface area contributed by atoms with Crippen LogP contribution >= 0.6 is 27.5 Å². The Balaban J connectivity index is 2.50. The summed E-state index contributed by atoms with van der Waals surface area (Å²) in [5, 5.41) is 4.13. The van der Waals surface area contributed by atoms with Crippen molar-refractivity contribution in [2.45, 2.75) is 13.0 Å². The predicted molar refractivity (Wildman–Crippen MR) is 87.8 cm³/mol. The maximum Gasteiger partial charge on any atom is 0.120 e. The average molecular weight is 355 g/mol. The molecule has 2 rings (SSSR count). The topological polar surface area (TPSA) is 21.3 Å². The standard InChI is InChI=1S/C16H17BrClNO/c1-10-5-4-6-13(15(10)18)16(19-2)12-8-7-11(20-3)9-14(12)17/h4-9,16,19H,1-3H3. The van der Waals surface area contributed by atoms with Crippen LogP contribution in [0.2, 0.25) is 5.02 Å². The maximum absolute atomic E-state index is 6.45. The summed E-state index contributed by atoms with van der Waals surface area (Å²) in [6, 6.07) is 12.1. The van der Waals surface area contributed by atoms with Crippen LogP contribution in [0.5, 0.6) is 5.75 Å². The number of benzene rings is 2. The summed E-state index contributed by atoms with van der Waals surface area (Å²) < 4.78 is 6.23. The molecule has 1 atom stereocenters. The zero-order chi connectivity index (χ0) is 14.7. The second-order valence-corrected chi connectivity index (χ2v) is 5.82. The van der Waals surface area contributed by atoms with Crippen LogP contribution in [0.1, 0.15) is 22.7 Å². The van der Waals surface area contributed by atoms with Gasteiger partial charge in [0.1, 0.15) is 5.75 Å². The van der Waals surface area contributed by atoms with Gasteiger partial charge in [0.2, 0.25) is 0 Å². The van der Waals surface area contributed by atoms with E-state index in [4.69, 9.17) is 16.3 Å². The number of nitrogens with one attached hydrogen (secondary N) is 1. The number of methoxy groups -OCH3 is 1. The predicted octanol–water partition coefficient (Wildman–Crippen LogP) is 4.73. The van der Waals surface area contributed by atoms with E-state index in [0.29, 0.717) is 0 Å². The summed E-state index contributed by atoms with van der Waals surface area (Å²) in [5.41, 5.74) is 3.27. The van der Waals surface area contributed by atoms with Gasteiger partial charge in [-0.15, -0.1) is 0 Å². The minimum Gasteiger partial charge on any atom is -0.497 e. The van der Waals surface area contributed by atoms with Gasteiger partial charge >= 0.3 is 0 Å². The summed E-state index contributed by atoms with van der Waals surface area (Å²) in [5.74, 6) is 0.825. The van der Waals surface area contributed by atoms with Gasteiger partial charge in [-0.05, 0) is 42.8 Å². The molecule has 2 aromatic rings. The number of rotatable bonds is 4. The highest BCUT2D eigenvalue weighted by Crippen LogP contribution is 2.35. The molecule has 0 fully saturated rings. The van der Waals surface area contributed by atoms with Gasteiger partial charge in [-0.2, -0.15) is 0 Å². The minimum atomic E-state index is 0.0303. The first-order valence-electron chi connectivity index (χ1n) is 6.34. The maximum atomic E-state index is 6.45. The molecule has 0 saturated heterocycles. The second-order valence-electron chi connectivity index (χ2n) is 4.59. The summed E-state index contributed by atoms with van der Waals surface area (Å²) in [4.78, 5) is 0. The molecule has 0 bridgehead atoms. The number of ether oxygens (including phenoxy) is 1. The van der Waals surface area contributed by atoms with Crippen molar-refractivity contribution < 1.29 is 4.74 Å². The van der Waals surface area contributed by atoms with Gasteiger partial charge in [-0.1, -0.05) is 51.8 Å². The van der Waals surface area contributed by atoms with Crippen molar-refractivity contribution >= 4 is 27.5 Å². The van der Waals surface area contributed by atoms with E-state index in [1.165, 1.54) is 0 Å². The van der Waals surface area contributed by atoms with E-state index in [9.17, 15) is 0 Å². The van der Waals surface area contributed by atoms with Gasteiger partial charge in [0, 0.05) is 9.50 Å². The molecular weight excluding hydrogens is 338 g/mol. The first-order valence-corrected chi connectivity index (χ1v) is 7.51. The van der Waals surface area contributed by atoms with Crippen LogP contribution in [0, 0.1) is 6.92 Å². The molecule has 0 aliphatic heterocycles. The molecule has 1 unspecified atom stereocenters. The Kier molecular flexibility index (Phi) is 5.08. The Labute approximate surface area is 133 Å². The fourth-order valence-electron chi connectivity index (χ4n) is 2.24. The normalized spacial score (nSPS) is 12.2. The van der Waals surface area contributed by atoms with Crippen LogP contribution < -0.4 is 10.1 Å². The van der Waals surface area contributed by atoms with Crippen molar-refractivity contribution in [3.05, 3.63) is 62.6 Å². The number of hydrogen-bond acceptors (Lipinski definition) is 2. The molecule has 1 N–H and O–H groups in total. The molecule has 0 aromatic heterocycles. The smallest absolute Gasteiger partial charge is 0.120 e. The number of halogens is 2. The van der Waals surface area contributed by atoms with Gasteiger partial charge < -0.3 is 10.1 Å². The molecule has 4 heteroatoms. The minimum absolute atomic E-state index is 0.0303. The summed E-state index contributed by atoms with van der Waals surface area (Å²) in [6.45, 7) is 2.02. The lowest BCUT2D eigenvalue weighted by atomic mass is 9.97. The Hall–Kier alpha value is -1.03. The van der Waals surface area contributed by atoms with Crippen molar-refractivity contribution in [3.8, 4) is 5.75 Å². The fraction of sp³-hybridized carbons (Fsp3) is 0.250. The van der Waals surface area contributed by atoms with Crippen LogP contribution in [-0.4, -0.2) is 14.2 Å². The van der Waals surface area contributed by atoms with Crippen LogP contribution in [0.25, 0.3) is 0 Å². The molecular formula is C16H17BrClNO. The first kappa shape index (κ1) is 15.4. The second kappa shape index (κ2) is 6.61. The molecule has 0 radical (unpaired) electrons. The molecule has 0 spiro atoms. The molecule has 0 saturated carbocycles. The molecule has 2 aromatic carbocycles. The molecule has 0 aliphatic rings. The Morgan fingerprint density at radius 3 is 2.55 bits per heavy atom. The third-order valence-electron chi connectivity index (χ3n) is 3.34. The monoisotopic (exact) mass is 353 g/mol. The van der Waals surface area contributed by atoms with Gasteiger partial charge in [-0.25, -0.2) is 0 Å². The average Bonchev–Trinajstić information content (AvgIpc) is 2.45. The number of aryl methyl sites for hydroxylation is 1. The summed E-state index contributed by atoms with van der Waals surface area (Å²) in [7, 11) is 3.59. The lowest BCUT2D eigenvalue weighted by Gasteiger charge is -2.21. The summed E-state index contributed by atoms with van der Waals surface area (Å²) in [6.07, 6.45) is 0. The molecule has 0 aliphatic carbocycles. The van der Waals surface area contributed by atoms with E-state index in [1.54, 1.807) is 7.11 Å². The van der Waals surface area contributed by atoms with E-state index in [1.807, 2.05) is 50.4 Å².